The molecule has 0 amide bonds. The van der Waals surface area contributed by atoms with E-state index in [9.17, 15) is 0 Å². The smallest absolute Gasteiger partial charge is 0.145 e. The first-order valence-corrected chi connectivity index (χ1v) is 22.5. The molecular formula is C60H37NO2S. The van der Waals surface area contributed by atoms with Crippen LogP contribution >= 0.6 is 11.3 Å². The van der Waals surface area contributed by atoms with E-state index in [-0.39, 0.29) is 0 Å². The number of hydrogen-bond acceptors (Lipinski definition) is 4. The maximum atomic E-state index is 7.13. The number of hydrogen-bond donors (Lipinski definition) is 0. The molecular weight excluding hydrogens is 799 g/mol. The van der Waals surface area contributed by atoms with Gasteiger partial charge in [-0.15, -0.1) is 11.3 Å². The topological polar surface area (TPSA) is 29.5 Å². The summed E-state index contributed by atoms with van der Waals surface area (Å²) >= 11 is 1.85. The molecule has 0 saturated carbocycles. The fraction of sp³-hybridized carbons (Fsp3) is 0. The Morgan fingerprint density at radius 2 is 0.906 bits per heavy atom. The van der Waals surface area contributed by atoms with Crippen molar-refractivity contribution in [2.45, 2.75) is 0 Å². The molecule has 0 radical (unpaired) electrons. The zero-order valence-corrected chi connectivity index (χ0v) is 35.4. The fourth-order valence-corrected chi connectivity index (χ4v) is 10.8. The van der Waals surface area contributed by atoms with E-state index in [1.54, 1.807) is 0 Å². The van der Waals surface area contributed by atoms with Crippen LogP contribution < -0.4 is 4.90 Å². The van der Waals surface area contributed by atoms with E-state index in [0.29, 0.717) is 0 Å². The average Bonchev–Trinajstić information content (AvgIpc) is 4.06. The molecule has 13 rings (SSSR count). The van der Waals surface area contributed by atoms with Crippen LogP contribution in [-0.4, -0.2) is 0 Å². The van der Waals surface area contributed by atoms with Crippen molar-refractivity contribution in [2.75, 3.05) is 4.90 Å². The lowest BCUT2D eigenvalue weighted by Crippen LogP contribution is -2.11. The van der Waals surface area contributed by atoms with E-state index >= 15 is 0 Å². The Balaban J connectivity index is 1.15. The molecule has 3 nitrogen and oxygen atoms in total. The number of anilines is 3. The predicted molar refractivity (Wildman–Crippen MR) is 270 cm³/mol. The summed E-state index contributed by atoms with van der Waals surface area (Å²) in [6.07, 6.45) is 0. The van der Waals surface area contributed by atoms with Gasteiger partial charge in [-0.2, -0.15) is 0 Å². The molecule has 0 aliphatic heterocycles. The highest BCUT2D eigenvalue weighted by Gasteiger charge is 2.26. The van der Waals surface area contributed by atoms with Crippen molar-refractivity contribution in [2.24, 2.45) is 0 Å². The van der Waals surface area contributed by atoms with Crippen LogP contribution in [0.5, 0.6) is 0 Å². The number of rotatable bonds is 7. The third-order valence-corrected chi connectivity index (χ3v) is 13.8. The highest BCUT2D eigenvalue weighted by Crippen LogP contribution is 2.52. The van der Waals surface area contributed by atoms with Crippen LogP contribution in [0.25, 0.3) is 109 Å². The minimum absolute atomic E-state index is 0.842. The lowest BCUT2D eigenvalue weighted by molar-refractivity contribution is 0.669. The molecule has 64 heavy (non-hydrogen) atoms. The van der Waals surface area contributed by atoms with Crippen molar-refractivity contribution in [3.63, 3.8) is 0 Å². The summed E-state index contributed by atoms with van der Waals surface area (Å²) in [5.74, 6) is 0. The average molecular weight is 836 g/mol. The minimum atomic E-state index is 0.842. The van der Waals surface area contributed by atoms with Crippen LogP contribution in [0, 0.1) is 0 Å². The molecule has 13 aromatic rings. The SMILES string of the molecule is c1ccc(-c2ccc3c(c2)oc2c(-c4ccccc4)ccc(N(c4ccc5oc6ccccc6c5c4)c4cc(-c5ccccc5)cc5sc6cc(-c7ccccc7)ccc6c45)c23)cc1. The Morgan fingerprint density at radius 3 is 1.62 bits per heavy atom. The molecule has 0 atom stereocenters. The van der Waals surface area contributed by atoms with Gasteiger partial charge in [0, 0.05) is 47.6 Å². The summed E-state index contributed by atoms with van der Waals surface area (Å²) in [5, 5.41) is 6.69. The molecule has 0 unspecified atom stereocenters. The molecule has 0 bridgehead atoms. The van der Waals surface area contributed by atoms with Crippen molar-refractivity contribution in [1.82, 2.24) is 0 Å². The number of para-hydroxylation sites is 1. The molecule has 4 heteroatoms. The third kappa shape index (κ3) is 5.95. The Hall–Kier alpha value is -8.18. The van der Waals surface area contributed by atoms with Crippen LogP contribution in [0.4, 0.5) is 17.1 Å². The maximum Gasteiger partial charge on any atom is 0.145 e. The van der Waals surface area contributed by atoms with Crippen LogP contribution in [0.1, 0.15) is 0 Å². The zero-order valence-electron chi connectivity index (χ0n) is 34.5. The van der Waals surface area contributed by atoms with Gasteiger partial charge in [0.25, 0.3) is 0 Å². The first-order chi connectivity index (χ1) is 31.7. The number of benzene rings is 10. The first kappa shape index (κ1) is 36.5. The second-order valence-electron chi connectivity index (χ2n) is 16.4. The van der Waals surface area contributed by atoms with Crippen LogP contribution in [-0.2, 0) is 0 Å². The second-order valence-corrected chi connectivity index (χ2v) is 17.5. The van der Waals surface area contributed by atoms with Crippen LogP contribution in [0.15, 0.2) is 233 Å². The molecule has 3 heterocycles. The van der Waals surface area contributed by atoms with Crippen LogP contribution in [0.2, 0.25) is 0 Å². The van der Waals surface area contributed by atoms with Gasteiger partial charge in [0.05, 0.1) is 16.8 Å². The Bertz CT molecular complexity index is 3890. The number of furan rings is 2. The summed E-state index contributed by atoms with van der Waals surface area (Å²) in [4.78, 5) is 2.48. The lowest BCUT2D eigenvalue weighted by Gasteiger charge is -2.28. The van der Waals surface area contributed by atoms with Crippen molar-refractivity contribution in [3.05, 3.63) is 224 Å². The molecule has 300 valence electrons. The van der Waals surface area contributed by atoms with E-state index in [0.717, 1.165) is 94.3 Å². The van der Waals surface area contributed by atoms with Gasteiger partial charge in [0.1, 0.15) is 22.3 Å². The molecule has 3 aromatic heterocycles. The second kappa shape index (κ2) is 14.7. The van der Waals surface area contributed by atoms with Crippen molar-refractivity contribution in [3.8, 4) is 44.5 Å². The third-order valence-electron chi connectivity index (χ3n) is 12.7. The molecule has 0 aliphatic rings. The van der Waals surface area contributed by atoms with Crippen LogP contribution in [0.3, 0.4) is 0 Å². The van der Waals surface area contributed by atoms with Gasteiger partial charge < -0.3 is 13.7 Å². The Labute approximate surface area is 373 Å². The van der Waals surface area contributed by atoms with E-state index < -0.39 is 0 Å². The van der Waals surface area contributed by atoms with Crippen molar-refractivity contribution < 1.29 is 8.83 Å². The largest absolute Gasteiger partial charge is 0.456 e. The highest BCUT2D eigenvalue weighted by molar-refractivity contribution is 7.26. The summed E-state index contributed by atoms with van der Waals surface area (Å²) in [5.41, 5.74) is 15.7. The molecule has 0 saturated heterocycles. The Morgan fingerprint density at radius 1 is 0.312 bits per heavy atom. The maximum absolute atomic E-state index is 7.13. The van der Waals surface area contributed by atoms with Crippen molar-refractivity contribution in [1.29, 1.82) is 0 Å². The Kier molecular flexibility index (Phi) is 8.40. The van der Waals surface area contributed by atoms with Gasteiger partial charge in [0.2, 0.25) is 0 Å². The van der Waals surface area contributed by atoms with Gasteiger partial charge in [0.15, 0.2) is 0 Å². The number of thiophene rings is 1. The normalized spacial score (nSPS) is 11.8. The monoisotopic (exact) mass is 835 g/mol. The summed E-state index contributed by atoms with van der Waals surface area (Å²) < 4.78 is 16.0. The minimum Gasteiger partial charge on any atom is -0.456 e. The van der Waals surface area contributed by atoms with Gasteiger partial charge in [-0.05, 0) is 106 Å². The fourth-order valence-electron chi connectivity index (χ4n) is 9.63. The van der Waals surface area contributed by atoms with Gasteiger partial charge in [-0.3, -0.25) is 0 Å². The first-order valence-electron chi connectivity index (χ1n) is 21.6. The van der Waals surface area contributed by atoms with E-state index in [1.165, 1.54) is 31.3 Å². The molecule has 0 N–H and O–H groups in total. The van der Waals surface area contributed by atoms with E-state index in [2.05, 4.69) is 217 Å². The van der Waals surface area contributed by atoms with Gasteiger partial charge in [-0.1, -0.05) is 158 Å². The predicted octanol–water partition coefficient (Wildman–Crippen LogP) is 18.0. The summed E-state index contributed by atoms with van der Waals surface area (Å²) in [6.45, 7) is 0. The van der Waals surface area contributed by atoms with Gasteiger partial charge >= 0.3 is 0 Å². The van der Waals surface area contributed by atoms with Crippen molar-refractivity contribution >= 4 is 92.4 Å². The standard InChI is InChI=1S/C60H37NO2S/c1-5-15-38(16-6-1)42-25-28-48-55(34-42)63-60-46(41-21-11-4-12-22-41)30-31-51(59(48)60)61(45-27-32-54-50(37-45)47-23-13-14-24-53(47)62-54)52-33-44(40-19-9-3-10-20-40)36-57-58(52)49-29-26-43(35-56(49)64-57)39-17-7-2-8-18-39/h1-37H. The zero-order chi connectivity index (χ0) is 42.1. The molecule has 0 spiro atoms. The number of fused-ring (bicyclic) bond motifs is 9. The quantitative estimate of drug-likeness (QED) is 0.160. The van der Waals surface area contributed by atoms with E-state index in [1.807, 2.05) is 23.5 Å². The van der Waals surface area contributed by atoms with E-state index in [4.69, 9.17) is 8.83 Å². The molecule has 0 aliphatic carbocycles. The number of nitrogens with zero attached hydrogens (tertiary/aromatic N) is 1. The lowest BCUT2D eigenvalue weighted by atomic mass is 9.97. The highest BCUT2D eigenvalue weighted by atomic mass is 32.1. The molecule has 10 aromatic carbocycles. The van der Waals surface area contributed by atoms with Gasteiger partial charge in [-0.25, -0.2) is 0 Å². The summed E-state index contributed by atoms with van der Waals surface area (Å²) in [7, 11) is 0. The molecule has 0 fully saturated rings. The summed E-state index contributed by atoms with van der Waals surface area (Å²) in [6, 6.07) is 80.4.